The molecule has 0 radical (unpaired) electrons. The van der Waals surface area contributed by atoms with Gasteiger partial charge in [0.15, 0.2) is 17.3 Å². The summed E-state index contributed by atoms with van der Waals surface area (Å²) in [4.78, 5) is 21.1. The topological polar surface area (TPSA) is 118 Å². The van der Waals surface area contributed by atoms with Crippen LogP contribution >= 0.6 is 0 Å². The molecule has 3 aromatic rings. The number of halogens is 2. The van der Waals surface area contributed by atoms with Crippen molar-refractivity contribution in [3.63, 3.8) is 0 Å². The van der Waals surface area contributed by atoms with E-state index in [4.69, 9.17) is 4.74 Å². The number of nitrogens with zero attached hydrogens (tertiary/aromatic N) is 3. The molecule has 1 aliphatic carbocycles. The molecule has 1 aliphatic rings. The first-order chi connectivity index (χ1) is 15.3. The van der Waals surface area contributed by atoms with Crippen LogP contribution in [0.3, 0.4) is 0 Å². The van der Waals surface area contributed by atoms with Gasteiger partial charge in [0.2, 0.25) is 5.95 Å². The number of pyridine rings is 1. The zero-order chi connectivity index (χ0) is 22.8. The SMILES string of the molecule is Cc1cc(-c2nc(NS(C)=O)ncc2Oc2ccc(F)cc2F)cn(CC2CCC2)c1=O.O. The van der Waals surface area contributed by atoms with Crippen LogP contribution in [0.25, 0.3) is 11.3 Å². The van der Waals surface area contributed by atoms with E-state index in [9.17, 15) is 17.8 Å². The molecule has 8 nitrogen and oxygen atoms in total. The van der Waals surface area contributed by atoms with Crippen molar-refractivity contribution >= 4 is 16.9 Å². The summed E-state index contributed by atoms with van der Waals surface area (Å²) in [5.41, 5.74) is 1.27. The molecule has 2 aromatic heterocycles. The maximum Gasteiger partial charge on any atom is 0.253 e. The van der Waals surface area contributed by atoms with E-state index in [-0.39, 0.29) is 34.2 Å². The predicted molar refractivity (Wildman–Crippen MR) is 122 cm³/mol. The second-order valence-electron chi connectivity index (χ2n) is 7.81. The van der Waals surface area contributed by atoms with E-state index in [2.05, 4.69) is 14.7 Å². The molecule has 1 fully saturated rings. The van der Waals surface area contributed by atoms with Crippen LogP contribution in [0.5, 0.6) is 11.5 Å². The Balaban J connectivity index is 0.00000306. The van der Waals surface area contributed by atoms with Gasteiger partial charge in [-0.25, -0.2) is 23.0 Å². The highest BCUT2D eigenvalue weighted by Crippen LogP contribution is 2.34. The number of aromatic nitrogens is 3. The van der Waals surface area contributed by atoms with Crippen molar-refractivity contribution in [1.29, 1.82) is 0 Å². The fraction of sp³-hybridized carbons (Fsp3) is 0.318. The maximum atomic E-state index is 14.2. The van der Waals surface area contributed by atoms with Gasteiger partial charge in [0.1, 0.15) is 22.5 Å². The fourth-order valence-electron chi connectivity index (χ4n) is 3.51. The van der Waals surface area contributed by atoms with E-state index in [1.165, 1.54) is 18.5 Å². The summed E-state index contributed by atoms with van der Waals surface area (Å²) in [6, 6.07) is 4.64. The third kappa shape index (κ3) is 5.60. The summed E-state index contributed by atoms with van der Waals surface area (Å²) in [6.45, 7) is 2.32. The Morgan fingerprint density at radius 2 is 2.00 bits per heavy atom. The monoisotopic (exact) mass is 478 g/mol. The zero-order valence-corrected chi connectivity index (χ0v) is 18.9. The standard InChI is InChI=1S/C22H22F2N4O3S.H2O/c1-13-8-15(12-28(21(13)29)11-14-4-3-5-14)20-19(10-25-22(26-20)27-32(2)30)31-18-7-6-16(23)9-17(18)24;/h6-10,12,14H,3-5,11H2,1-2H3,(H,25,26,27);1H2. The molecule has 0 aliphatic heterocycles. The van der Waals surface area contributed by atoms with Gasteiger partial charge in [-0.1, -0.05) is 6.42 Å². The summed E-state index contributed by atoms with van der Waals surface area (Å²) in [5, 5.41) is 0. The first-order valence-corrected chi connectivity index (χ1v) is 11.7. The van der Waals surface area contributed by atoms with Crippen LogP contribution in [0.2, 0.25) is 0 Å². The number of hydrogen-bond donors (Lipinski definition) is 1. The van der Waals surface area contributed by atoms with Crippen molar-refractivity contribution in [2.45, 2.75) is 32.7 Å². The lowest BCUT2D eigenvalue weighted by Gasteiger charge is -2.26. The molecule has 0 bridgehead atoms. The van der Waals surface area contributed by atoms with E-state index in [1.807, 2.05) is 0 Å². The summed E-state index contributed by atoms with van der Waals surface area (Å²) in [5.74, 6) is -1.15. The van der Waals surface area contributed by atoms with Crippen LogP contribution < -0.4 is 15.0 Å². The first-order valence-electron chi connectivity index (χ1n) is 10.1. The summed E-state index contributed by atoms with van der Waals surface area (Å²) in [6.07, 6.45) is 7.77. The number of aryl methyl sites for hydroxylation is 1. The zero-order valence-electron chi connectivity index (χ0n) is 18.1. The van der Waals surface area contributed by atoms with Crippen LogP contribution in [0, 0.1) is 24.5 Å². The molecule has 11 heteroatoms. The van der Waals surface area contributed by atoms with Gasteiger partial charge in [0.05, 0.1) is 6.20 Å². The lowest BCUT2D eigenvalue weighted by Crippen LogP contribution is -2.28. The van der Waals surface area contributed by atoms with E-state index in [1.54, 1.807) is 23.8 Å². The second kappa shape index (κ2) is 10.2. The van der Waals surface area contributed by atoms with Gasteiger partial charge in [-0.15, -0.1) is 0 Å². The van der Waals surface area contributed by atoms with Crippen LogP contribution in [0.1, 0.15) is 24.8 Å². The minimum absolute atomic E-state index is 0. The number of benzene rings is 1. The quantitative estimate of drug-likeness (QED) is 0.559. The lowest BCUT2D eigenvalue weighted by molar-refractivity contribution is 0.273. The molecule has 4 rings (SSSR count). The fourth-order valence-corrected chi connectivity index (χ4v) is 3.87. The molecule has 0 saturated heterocycles. The Morgan fingerprint density at radius 3 is 2.64 bits per heavy atom. The molecule has 1 saturated carbocycles. The van der Waals surface area contributed by atoms with Crippen LogP contribution in [-0.4, -0.2) is 30.5 Å². The average molecular weight is 479 g/mol. The highest BCUT2D eigenvalue weighted by atomic mass is 32.2. The van der Waals surface area contributed by atoms with Gasteiger partial charge in [0, 0.05) is 36.2 Å². The number of hydrogen-bond acceptors (Lipinski definition) is 5. The van der Waals surface area contributed by atoms with Gasteiger partial charge in [-0.3, -0.25) is 9.52 Å². The molecule has 2 heterocycles. The largest absolute Gasteiger partial charge is 0.450 e. The lowest BCUT2D eigenvalue weighted by atomic mass is 9.85. The summed E-state index contributed by atoms with van der Waals surface area (Å²) < 4.78 is 49.0. The third-order valence-corrected chi connectivity index (χ3v) is 5.79. The van der Waals surface area contributed by atoms with Crippen molar-refractivity contribution in [1.82, 2.24) is 14.5 Å². The molecule has 0 amide bonds. The van der Waals surface area contributed by atoms with E-state index < -0.39 is 22.6 Å². The Hall–Kier alpha value is -3.18. The van der Waals surface area contributed by atoms with Crippen LogP contribution in [-0.2, 0) is 17.5 Å². The van der Waals surface area contributed by atoms with Gasteiger partial charge in [0.25, 0.3) is 5.56 Å². The number of rotatable bonds is 7. The molecular formula is C22H24F2N4O4S. The Bertz CT molecular complexity index is 1250. The molecule has 0 spiro atoms. The van der Waals surface area contributed by atoms with Gasteiger partial charge in [-0.05, 0) is 43.9 Å². The molecule has 1 atom stereocenters. The Labute approximate surface area is 191 Å². The average Bonchev–Trinajstić information content (AvgIpc) is 2.70. The minimum Gasteiger partial charge on any atom is -0.450 e. The van der Waals surface area contributed by atoms with Crippen LogP contribution in [0.4, 0.5) is 14.7 Å². The van der Waals surface area contributed by atoms with Crippen molar-refractivity contribution < 1.29 is 23.2 Å². The highest BCUT2D eigenvalue weighted by molar-refractivity contribution is 7.85. The van der Waals surface area contributed by atoms with Crippen molar-refractivity contribution in [3.8, 4) is 22.8 Å². The summed E-state index contributed by atoms with van der Waals surface area (Å²) >= 11 is 0. The van der Waals surface area contributed by atoms with Crippen molar-refractivity contribution in [3.05, 3.63) is 64.2 Å². The van der Waals surface area contributed by atoms with Crippen molar-refractivity contribution in [2.75, 3.05) is 11.0 Å². The van der Waals surface area contributed by atoms with E-state index >= 15 is 0 Å². The predicted octanol–water partition coefficient (Wildman–Crippen LogP) is 3.37. The second-order valence-corrected chi connectivity index (χ2v) is 8.92. The Morgan fingerprint density at radius 1 is 1.24 bits per heavy atom. The van der Waals surface area contributed by atoms with Crippen LogP contribution in [0.15, 0.2) is 41.5 Å². The molecule has 1 unspecified atom stereocenters. The number of nitrogens with one attached hydrogen (secondary N) is 1. The smallest absolute Gasteiger partial charge is 0.253 e. The summed E-state index contributed by atoms with van der Waals surface area (Å²) in [7, 11) is -1.42. The van der Waals surface area contributed by atoms with Crippen molar-refractivity contribution in [2.24, 2.45) is 5.92 Å². The number of anilines is 1. The maximum absolute atomic E-state index is 14.2. The minimum atomic E-state index is -1.42. The van der Waals surface area contributed by atoms with Gasteiger partial charge >= 0.3 is 0 Å². The number of ether oxygens (including phenoxy) is 1. The third-order valence-electron chi connectivity index (χ3n) is 5.32. The normalized spacial score (nSPS) is 14.2. The molecule has 33 heavy (non-hydrogen) atoms. The highest BCUT2D eigenvalue weighted by Gasteiger charge is 2.21. The molecule has 1 aromatic carbocycles. The first kappa shape index (κ1) is 24.5. The van der Waals surface area contributed by atoms with Gasteiger partial charge < -0.3 is 14.8 Å². The Kier molecular flexibility index (Phi) is 7.54. The molecule has 3 N–H and O–H groups in total. The molecular weight excluding hydrogens is 454 g/mol. The molecule has 176 valence electrons. The van der Waals surface area contributed by atoms with E-state index in [0.29, 0.717) is 23.6 Å². The van der Waals surface area contributed by atoms with Gasteiger partial charge in [-0.2, -0.15) is 0 Å². The van der Waals surface area contributed by atoms with E-state index in [0.717, 1.165) is 31.4 Å².